The lowest BCUT2D eigenvalue weighted by Gasteiger charge is -2.18. The molecule has 1 heterocycles. The minimum atomic E-state index is -3.34. The van der Waals surface area contributed by atoms with Gasteiger partial charge in [-0.2, -0.15) is 0 Å². The van der Waals surface area contributed by atoms with Gasteiger partial charge < -0.3 is 19.1 Å². The third kappa shape index (κ3) is 5.19. The van der Waals surface area contributed by atoms with Crippen LogP contribution < -0.4 is 14.2 Å². The molecule has 1 amide bonds. The number of nitrogens with zero attached hydrogens (tertiary/aromatic N) is 1. The highest BCUT2D eigenvalue weighted by molar-refractivity contribution is 7.91. The highest BCUT2D eigenvalue weighted by Gasteiger charge is 2.32. The van der Waals surface area contributed by atoms with Crippen molar-refractivity contribution in [3.05, 3.63) is 59.7 Å². The van der Waals surface area contributed by atoms with Crippen LogP contribution in [0, 0.1) is 0 Å². The van der Waals surface area contributed by atoms with Crippen molar-refractivity contribution in [1.29, 1.82) is 0 Å². The standard InChI is InChI=1S/C23H27NO6S/c1-28-19-15-17(16-20(29-2)23(19)30-3)9-10-22(25)24-12-11-21(31(26,27)14-13-24)18-7-5-4-6-8-18/h4-10,15-16,21H,11-14H2,1-3H3/b10-9+. The van der Waals surface area contributed by atoms with Crippen LogP contribution in [0.4, 0.5) is 0 Å². The minimum Gasteiger partial charge on any atom is -0.493 e. The van der Waals surface area contributed by atoms with E-state index in [4.69, 9.17) is 14.2 Å². The quantitative estimate of drug-likeness (QED) is 0.636. The van der Waals surface area contributed by atoms with E-state index in [9.17, 15) is 13.2 Å². The van der Waals surface area contributed by atoms with Crippen LogP contribution in [0.1, 0.15) is 22.8 Å². The monoisotopic (exact) mass is 445 g/mol. The van der Waals surface area contributed by atoms with Crippen molar-refractivity contribution in [2.24, 2.45) is 0 Å². The van der Waals surface area contributed by atoms with Crippen LogP contribution >= 0.6 is 0 Å². The van der Waals surface area contributed by atoms with Crippen molar-refractivity contribution < 1.29 is 27.4 Å². The van der Waals surface area contributed by atoms with Gasteiger partial charge in [0, 0.05) is 19.2 Å². The Hall–Kier alpha value is -3.00. The number of methoxy groups -OCH3 is 3. The molecule has 0 aliphatic carbocycles. The van der Waals surface area contributed by atoms with Crippen molar-refractivity contribution in [1.82, 2.24) is 4.90 Å². The lowest BCUT2D eigenvalue weighted by Crippen LogP contribution is -2.32. The van der Waals surface area contributed by atoms with Gasteiger partial charge in [0.2, 0.25) is 11.7 Å². The molecule has 0 spiro atoms. The Balaban J connectivity index is 1.76. The van der Waals surface area contributed by atoms with Gasteiger partial charge in [-0.05, 0) is 35.8 Å². The van der Waals surface area contributed by atoms with Crippen LogP contribution in [0.2, 0.25) is 0 Å². The second kappa shape index (κ2) is 9.87. The van der Waals surface area contributed by atoms with Crippen LogP contribution in [0.3, 0.4) is 0 Å². The predicted molar refractivity (Wildman–Crippen MR) is 119 cm³/mol. The molecular formula is C23H27NO6S. The van der Waals surface area contributed by atoms with Crippen LogP contribution in [0.15, 0.2) is 48.5 Å². The fraction of sp³-hybridized carbons (Fsp3) is 0.348. The molecule has 1 atom stereocenters. The summed E-state index contributed by atoms with van der Waals surface area (Å²) in [6, 6.07) is 12.6. The summed E-state index contributed by atoms with van der Waals surface area (Å²) < 4.78 is 41.5. The zero-order valence-electron chi connectivity index (χ0n) is 17.9. The van der Waals surface area contributed by atoms with E-state index in [0.29, 0.717) is 35.8 Å². The van der Waals surface area contributed by atoms with Crippen LogP contribution in [-0.4, -0.2) is 59.4 Å². The van der Waals surface area contributed by atoms with E-state index in [1.807, 2.05) is 30.3 Å². The Morgan fingerprint density at radius 3 is 2.23 bits per heavy atom. The first-order valence-corrected chi connectivity index (χ1v) is 11.6. The molecule has 2 aromatic carbocycles. The second-order valence-electron chi connectivity index (χ2n) is 7.17. The third-order valence-corrected chi connectivity index (χ3v) is 7.46. The maximum atomic E-state index is 12.8. The van der Waals surface area contributed by atoms with Gasteiger partial charge in [-0.1, -0.05) is 30.3 Å². The molecule has 1 aliphatic heterocycles. The molecule has 1 unspecified atom stereocenters. The van der Waals surface area contributed by atoms with Gasteiger partial charge >= 0.3 is 0 Å². The molecule has 166 valence electrons. The average molecular weight is 446 g/mol. The summed E-state index contributed by atoms with van der Waals surface area (Å²) in [5.41, 5.74) is 1.47. The molecule has 0 bridgehead atoms. The smallest absolute Gasteiger partial charge is 0.246 e. The van der Waals surface area contributed by atoms with E-state index in [1.165, 1.54) is 27.4 Å². The number of hydrogen-bond donors (Lipinski definition) is 0. The number of carbonyl (C=O) groups is 1. The SMILES string of the molecule is COc1cc(/C=C/C(=O)N2CCC(c3ccccc3)S(=O)(=O)CC2)cc(OC)c1OC. The number of rotatable bonds is 6. The normalized spacial score (nSPS) is 18.4. The summed E-state index contributed by atoms with van der Waals surface area (Å²) in [7, 11) is 1.24. The topological polar surface area (TPSA) is 82.1 Å². The molecule has 7 nitrogen and oxygen atoms in total. The maximum absolute atomic E-state index is 12.8. The number of sulfone groups is 1. The number of amides is 1. The van der Waals surface area contributed by atoms with Crippen molar-refractivity contribution in [2.45, 2.75) is 11.7 Å². The van der Waals surface area contributed by atoms with Gasteiger partial charge in [-0.15, -0.1) is 0 Å². The summed E-state index contributed by atoms with van der Waals surface area (Å²) in [5.74, 6) is 1.15. The summed E-state index contributed by atoms with van der Waals surface area (Å²) in [5, 5.41) is -0.592. The van der Waals surface area contributed by atoms with E-state index in [0.717, 1.165) is 5.56 Å². The van der Waals surface area contributed by atoms with Crippen LogP contribution in [-0.2, 0) is 14.6 Å². The van der Waals surface area contributed by atoms with Gasteiger partial charge in [0.05, 0.1) is 32.3 Å². The number of carbonyl (C=O) groups excluding carboxylic acids is 1. The van der Waals surface area contributed by atoms with Crippen LogP contribution in [0.5, 0.6) is 17.2 Å². The second-order valence-corrected chi connectivity index (χ2v) is 9.48. The molecule has 0 saturated carbocycles. The first kappa shape index (κ1) is 22.7. The van der Waals surface area contributed by atoms with E-state index in [-0.39, 0.29) is 18.2 Å². The lowest BCUT2D eigenvalue weighted by atomic mass is 10.1. The predicted octanol–water partition coefficient (Wildman–Crippen LogP) is 3.11. The zero-order chi connectivity index (χ0) is 22.4. The Morgan fingerprint density at radius 1 is 1.00 bits per heavy atom. The summed E-state index contributed by atoms with van der Waals surface area (Å²) in [6.45, 7) is 0.543. The number of benzene rings is 2. The van der Waals surface area contributed by atoms with Gasteiger partial charge in [-0.25, -0.2) is 8.42 Å². The summed E-state index contributed by atoms with van der Waals surface area (Å²) >= 11 is 0. The first-order valence-electron chi connectivity index (χ1n) is 9.93. The minimum absolute atomic E-state index is 0.0592. The fourth-order valence-corrected chi connectivity index (χ4v) is 5.47. The molecule has 1 fully saturated rings. The van der Waals surface area contributed by atoms with Gasteiger partial charge in [-0.3, -0.25) is 4.79 Å². The van der Waals surface area contributed by atoms with Gasteiger partial charge in [0.15, 0.2) is 21.3 Å². The van der Waals surface area contributed by atoms with Crippen molar-refractivity contribution >= 4 is 21.8 Å². The third-order valence-electron chi connectivity index (χ3n) is 5.33. The molecule has 2 aromatic rings. The molecule has 8 heteroatoms. The average Bonchev–Trinajstić information content (AvgIpc) is 2.95. The molecule has 1 saturated heterocycles. The molecule has 0 N–H and O–H groups in total. The van der Waals surface area contributed by atoms with E-state index >= 15 is 0 Å². The lowest BCUT2D eigenvalue weighted by molar-refractivity contribution is -0.125. The molecule has 0 radical (unpaired) electrons. The van der Waals surface area contributed by atoms with Crippen molar-refractivity contribution in [3.63, 3.8) is 0 Å². The number of hydrogen-bond acceptors (Lipinski definition) is 6. The zero-order valence-corrected chi connectivity index (χ0v) is 18.7. The molecule has 0 aromatic heterocycles. The Labute approximate surface area is 183 Å². The van der Waals surface area contributed by atoms with Gasteiger partial charge in [0.1, 0.15) is 0 Å². The van der Waals surface area contributed by atoms with E-state index < -0.39 is 15.1 Å². The highest BCUT2D eigenvalue weighted by atomic mass is 32.2. The highest BCUT2D eigenvalue weighted by Crippen LogP contribution is 2.38. The Kier molecular flexibility index (Phi) is 7.22. The largest absolute Gasteiger partial charge is 0.493 e. The molecule has 31 heavy (non-hydrogen) atoms. The molecular weight excluding hydrogens is 418 g/mol. The van der Waals surface area contributed by atoms with E-state index in [1.54, 1.807) is 23.1 Å². The van der Waals surface area contributed by atoms with E-state index in [2.05, 4.69) is 0 Å². The maximum Gasteiger partial charge on any atom is 0.246 e. The van der Waals surface area contributed by atoms with Crippen LogP contribution in [0.25, 0.3) is 6.08 Å². The molecule has 3 rings (SSSR count). The van der Waals surface area contributed by atoms with Crippen molar-refractivity contribution in [3.8, 4) is 17.2 Å². The Morgan fingerprint density at radius 2 is 1.65 bits per heavy atom. The fourth-order valence-electron chi connectivity index (χ4n) is 3.68. The van der Waals surface area contributed by atoms with Crippen molar-refractivity contribution in [2.75, 3.05) is 40.2 Å². The Bertz CT molecular complexity index is 1020. The van der Waals surface area contributed by atoms with Gasteiger partial charge in [0.25, 0.3) is 0 Å². The summed E-state index contributed by atoms with van der Waals surface area (Å²) in [6.07, 6.45) is 3.47. The number of ether oxygens (including phenoxy) is 3. The molecule has 1 aliphatic rings. The first-order chi connectivity index (χ1) is 14.9. The summed E-state index contributed by atoms with van der Waals surface area (Å²) in [4.78, 5) is 14.3.